The molecule has 0 fully saturated rings. The summed E-state index contributed by atoms with van der Waals surface area (Å²) in [5.74, 6) is 0.723. The molecule has 2 rings (SSSR count). The molecule has 0 spiro atoms. The third-order valence-electron chi connectivity index (χ3n) is 2.64. The maximum Gasteiger partial charge on any atom is 0.232 e. The molecule has 1 aromatic heterocycles. The average Bonchev–Trinajstić information content (AvgIpc) is 2.77. The first kappa shape index (κ1) is 12.1. The second-order valence-corrected chi connectivity index (χ2v) is 4.43. The molecular formula is C12H13ClN2O2. The summed E-state index contributed by atoms with van der Waals surface area (Å²) in [4.78, 5) is 4.25. The molecule has 0 radical (unpaired) electrons. The molecule has 4 nitrogen and oxygen atoms in total. The lowest BCUT2D eigenvalue weighted by atomic mass is 10.1. The van der Waals surface area contributed by atoms with Crippen molar-refractivity contribution in [1.82, 2.24) is 10.1 Å². The van der Waals surface area contributed by atoms with E-state index in [4.69, 9.17) is 16.1 Å². The van der Waals surface area contributed by atoms with Crippen LogP contribution in [-0.2, 0) is 0 Å². The van der Waals surface area contributed by atoms with E-state index in [1.807, 2.05) is 19.1 Å². The Morgan fingerprint density at radius 2 is 2.12 bits per heavy atom. The number of rotatable bonds is 3. The molecule has 2 aromatic rings. The van der Waals surface area contributed by atoms with E-state index in [9.17, 15) is 5.11 Å². The second kappa shape index (κ2) is 4.85. The Hall–Kier alpha value is -1.39. The Balaban J connectivity index is 2.30. The van der Waals surface area contributed by atoms with Gasteiger partial charge in [0.1, 0.15) is 0 Å². The first-order valence-electron chi connectivity index (χ1n) is 5.35. The van der Waals surface area contributed by atoms with Crippen LogP contribution in [0.4, 0.5) is 0 Å². The number of benzene rings is 1. The van der Waals surface area contributed by atoms with Crippen molar-refractivity contribution < 1.29 is 9.63 Å². The number of halogens is 1. The van der Waals surface area contributed by atoms with Gasteiger partial charge in [0.25, 0.3) is 0 Å². The third kappa shape index (κ3) is 2.65. The quantitative estimate of drug-likeness (QED) is 0.913. The lowest BCUT2D eigenvalue weighted by Crippen LogP contribution is -2.11. The van der Waals surface area contributed by atoms with Crippen molar-refractivity contribution >= 4 is 11.6 Å². The van der Waals surface area contributed by atoms with Crippen LogP contribution in [0, 0.1) is 0 Å². The van der Waals surface area contributed by atoms with E-state index in [1.165, 1.54) is 0 Å². The summed E-state index contributed by atoms with van der Waals surface area (Å²) < 4.78 is 5.12. The van der Waals surface area contributed by atoms with Crippen LogP contribution in [0.2, 0.25) is 5.02 Å². The van der Waals surface area contributed by atoms with Crippen molar-refractivity contribution in [2.75, 3.05) is 0 Å². The molecule has 1 heterocycles. The van der Waals surface area contributed by atoms with Crippen molar-refractivity contribution in [3.8, 4) is 11.4 Å². The minimum atomic E-state index is -0.525. The molecule has 2 atom stereocenters. The minimum Gasteiger partial charge on any atom is -0.393 e. The Labute approximate surface area is 104 Å². The molecule has 5 heteroatoms. The predicted molar refractivity (Wildman–Crippen MR) is 64.8 cm³/mol. The van der Waals surface area contributed by atoms with Crippen LogP contribution >= 0.6 is 11.6 Å². The second-order valence-electron chi connectivity index (χ2n) is 4.00. The van der Waals surface area contributed by atoms with Gasteiger partial charge in [0.15, 0.2) is 0 Å². The first-order chi connectivity index (χ1) is 8.08. The van der Waals surface area contributed by atoms with Gasteiger partial charge in [-0.2, -0.15) is 4.98 Å². The molecule has 0 aliphatic rings. The smallest absolute Gasteiger partial charge is 0.232 e. The van der Waals surface area contributed by atoms with Crippen LogP contribution in [0.15, 0.2) is 28.8 Å². The van der Waals surface area contributed by atoms with Crippen molar-refractivity contribution in [3.63, 3.8) is 0 Å². The SMILES string of the molecule is CC(O)C(C)c1nc(-c2cccc(Cl)c2)no1. The van der Waals surface area contributed by atoms with Crippen molar-refractivity contribution in [3.05, 3.63) is 35.2 Å². The molecule has 90 valence electrons. The first-order valence-corrected chi connectivity index (χ1v) is 5.73. The third-order valence-corrected chi connectivity index (χ3v) is 2.87. The highest BCUT2D eigenvalue weighted by Gasteiger charge is 2.19. The summed E-state index contributed by atoms with van der Waals surface area (Å²) in [5.41, 5.74) is 0.797. The van der Waals surface area contributed by atoms with E-state index >= 15 is 0 Å². The van der Waals surface area contributed by atoms with Crippen LogP contribution in [0.3, 0.4) is 0 Å². The number of hydrogen-bond donors (Lipinski definition) is 1. The van der Waals surface area contributed by atoms with Crippen LogP contribution in [-0.4, -0.2) is 21.4 Å². The molecule has 0 saturated heterocycles. The Bertz CT molecular complexity index is 511. The van der Waals surface area contributed by atoms with E-state index in [0.29, 0.717) is 16.7 Å². The van der Waals surface area contributed by atoms with Gasteiger partial charge in [-0.3, -0.25) is 0 Å². The summed E-state index contributed by atoms with van der Waals surface area (Å²) >= 11 is 5.89. The van der Waals surface area contributed by atoms with Gasteiger partial charge in [-0.1, -0.05) is 35.8 Å². The summed E-state index contributed by atoms with van der Waals surface area (Å²) in [5, 5.41) is 13.9. The van der Waals surface area contributed by atoms with E-state index in [-0.39, 0.29) is 5.92 Å². The lowest BCUT2D eigenvalue weighted by Gasteiger charge is -2.07. The fourth-order valence-corrected chi connectivity index (χ4v) is 1.56. The summed E-state index contributed by atoms with van der Waals surface area (Å²) in [6.07, 6.45) is -0.525. The molecule has 0 aliphatic carbocycles. The van der Waals surface area contributed by atoms with E-state index < -0.39 is 6.10 Å². The molecule has 1 N–H and O–H groups in total. The predicted octanol–water partition coefficient (Wildman–Crippen LogP) is 2.87. The number of aliphatic hydroxyl groups excluding tert-OH is 1. The van der Waals surface area contributed by atoms with E-state index in [2.05, 4.69) is 10.1 Å². The zero-order valence-electron chi connectivity index (χ0n) is 9.59. The molecule has 17 heavy (non-hydrogen) atoms. The summed E-state index contributed by atoms with van der Waals surface area (Å²) in [6.45, 7) is 3.52. The van der Waals surface area contributed by atoms with Gasteiger partial charge in [-0.05, 0) is 19.1 Å². The molecule has 0 aliphatic heterocycles. The molecule has 1 aromatic carbocycles. The molecular weight excluding hydrogens is 240 g/mol. The molecule has 0 saturated carbocycles. The fourth-order valence-electron chi connectivity index (χ4n) is 1.37. The monoisotopic (exact) mass is 252 g/mol. The molecule has 0 bridgehead atoms. The fraction of sp³-hybridized carbons (Fsp3) is 0.333. The van der Waals surface area contributed by atoms with Crippen molar-refractivity contribution in [2.45, 2.75) is 25.9 Å². The highest BCUT2D eigenvalue weighted by atomic mass is 35.5. The minimum absolute atomic E-state index is 0.185. The average molecular weight is 253 g/mol. The Kier molecular flexibility index (Phi) is 3.45. The standard InChI is InChI=1S/C12H13ClN2O2/c1-7(8(2)16)12-14-11(15-17-12)9-4-3-5-10(13)6-9/h3-8,16H,1-2H3. The van der Waals surface area contributed by atoms with Gasteiger partial charge in [-0.25, -0.2) is 0 Å². The van der Waals surface area contributed by atoms with Gasteiger partial charge in [-0.15, -0.1) is 0 Å². The zero-order chi connectivity index (χ0) is 12.4. The maximum absolute atomic E-state index is 9.45. The van der Waals surface area contributed by atoms with Gasteiger partial charge < -0.3 is 9.63 Å². The van der Waals surface area contributed by atoms with Gasteiger partial charge in [0.2, 0.25) is 11.7 Å². The zero-order valence-corrected chi connectivity index (χ0v) is 10.3. The number of aromatic nitrogens is 2. The van der Waals surface area contributed by atoms with Crippen LogP contribution in [0.5, 0.6) is 0 Å². The largest absolute Gasteiger partial charge is 0.393 e. The highest BCUT2D eigenvalue weighted by molar-refractivity contribution is 6.30. The normalized spacial score (nSPS) is 14.6. The van der Waals surface area contributed by atoms with Crippen LogP contribution in [0.1, 0.15) is 25.7 Å². The van der Waals surface area contributed by atoms with Crippen LogP contribution < -0.4 is 0 Å². The van der Waals surface area contributed by atoms with Crippen molar-refractivity contribution in [1.29, 1.82) is 0 Å². The Morgan fingerprint density at radius 3 is 2.76 bits per heavy atom. The van der Waals surface area contributed by atoms with Crippen molar-refractivity contribution in [2.24, 2.45) is 0 Å². The highest BCUT2D eigenvalue weighted by Crippen LogP contribution is 2.23. The van der Waals surface area contributed by atoms with Gasteiger partial charge in [0.05, 0.1) is 12.0 Å². The number of hydrogen-bond acceptors (Lipinski definition) is 4. The summed E-state index contributed by atoms with van der Waals surface area (Å²) in [7, 11) is 0. The molecule has 2 unspecified atom stereocenters. The van der Waals surface area contributed by atoms with Gasteiger partial charge >= 0.3 is 0 Å². The van der Waals surface area contributed by atoms with Gasteiger partial charge in [0, 0.05) is 10.6 Å². The topological polar surface area (TPSA) is 59.2 Å². The van der Waals surface area contributed by atoms with Crippen LogP contribution in [0.25, 0.3) is 11.4 Å². The lowest BCUT2D eigenvalue weighted by molar-refractivity contribution is 0.151. The number of aliphatic hydroxyl groups is 1. The molecule has 0 amide bonds. The summed E-state index contributed by atoms with van der Waals surface area (Å²) in [6, 6.07) is 7.23. The van der Waals surface area contributed by atoms with E-state index in [0.717, 1.165) is 5.56 Å². The number of nitrogens with zero attached hydrogens (tertiary/aromatic N) is 2. The maximum atomic E-state index is 9.45. The Morgan fingerprint density at radius 1 is 1.35 bits per heavy atom. The van der Waals surface area contributed by atoms with E-state index in [1.54, 1.807) is 19.1 Å².